The van der Waals surface area contributed by atoms with E-state index >= 15 is 0 Å². The van der Waals surface area contributed by atoms with Crippen LogP contribution in [0, 0.1) is 0 Å². The largest absolute Gasteiger partial charge is 0.477 e. The molecule has 18 atom stereocenters. The molecule has 3 aliphatic rings. The number of aliphatic hydroxyl groups excluding tert-OH is 11. The van der Waals surface area contributed by atoms with Gasteiger partial charge in [-0.15, -0.1) is 0 Å². The molecule has 0 radical (unpaired) electrons. The van der Waals surface area contributed by atoms with Gasteiger partial charge in [-0.3, -0.25) is 9.59 Å². The molecule has 3 fully saturated rings. The van der Waals surface area contributed by atoms with Crippen LogP contribution in [0.5, 0.6) is 0 Å². The molecular formula is C56H102N2O21. The Bertz CT molecular complexity index is 1680. The standard InChI is InChI=1S/C56H102N2O21/c1-4-6-8-10-12-14-16-17-18-20-21-23-25-27-29-38(63)37(58-43(66)30-28-26-24-22-19-15-13-11-9-7-5-2)35-74-53-48(70)47(69)50(42(34-61)76-53)77-54-49(71)52(46(68)41(33-60)75-54)79-56(55(72)73)31-39(64)44(57-36(3)62)51(78-56)45(67)40(65)32-59/h27,29,37-42,44-54,59-61,63-65,67-71H,4-26,28,30-35H2,1-3H3,(H,57,62)(H,58,66)(H,72,73)/b29-27+. The van der Waals surface area contributed by atoms with E-state index in [-0.39, 0.29) is 12.3 Å². The number of carbonyl (C=O) groups excluding carboxylic acids is 2. The summed E-state index contributed by atoms with van der Waals surface area (Å²) in [5.41, 5.74) is 0. The molecule has 79 heavy (non-hydrogen) atoms. The molecule has 3 heterocycles. The number of allylic oxidation sites excluding steroid dienone is 1. The Labute approximate surface area is 467 Å². The highest BCUT2D eigenvalue weighted by atomic mass is 16.8. The summed E-state index contributed by atoms with van der Waals surface area (Å²) in [6.45, 7) is 2.07. The van der Waals surface area contributed by atoms with Crippen LogP contribution in [-0.2, 0) is 42.8 Å². The van der Waals surface area contributed by atoms with Crippen LogP contribution in [0.2, 0.25) is 0 Å². The van der Waals surface area contributed by atoms with Crippen LogP contribution >= 0.6 is 0 Å². The molecule has 462 valence electrons. The molecule has 3 rings (SSSR count). The predicted molar refractivity (Wildman–Crippen MR) is 288 cm³/mol. The van der Waals surface area contributed by atoms with Crippen molar-refractivity contribution in [3.63, 3.8) is 0 Å². The van der Waals surface area contributed by atoms with Crippen LogP contribution < -0.4 is 10.6 Å². The molecule has 0 aromatic rings. The topological polar surface area (TPSA) is 373 Å². The summed E-state index contributed by atoms with van der Waals surface area (Å²) in [5.74, 6) is -6.14. The highest BCUT2D eigenvalue weighted by Crippen LogP contribution is 2.38. The van der Waals surface area contributed by atoms with Crippen LogP contribution in [-0.4, -0.2) is 215 Å². The molecule has 23 nitrogen and oxygen atoms in total. The highest BCUT2D eigenvalue weighted by Gasteiger charge is 2.60. The van der Waals surface area contributed by atoms with Gasteiger partial charge in [0, 0.05) is 19.8 Å². The first-order valence-corrected chi connectivity index (χ1v) is 29.6. The van der Waals surface area contributed by atoms with E-state index in [1.54, 1.807) is 6.08 Å². The van der Waals surface area contributed by atoms with E-state index in [4.69, 9.17) is 28.4 Å². The zero-order valence-electron chi connectivity index (χ0n) is 47.2. The Hall–Kier alpha value is -2.53. The number of nitrogens with one attached hydrogen (secondary N) is 2. The third-order valence-electron chi connectivity index (χ3n) is 15.2. The lowest BCUT2D eigenvalue weighted by Gasteiger charge is -2.50. The van der Waals surface area contributed by atoms with Crippen molar-refractivity contribution in [3.8, 4) is 0 Å². The third kappa shape index (κ3) is 23.9. The number of hydrogen-bond acceptors (Lipinski definition) is 20. The molecule has 0 aromatic heterocycles. The molecule has 2 amide bonds. The molecule has 0 bridgehead atoms. The van der Waals surface area contributed by atoms with Gasteiger partial charge in [0.15, 0.2) is 12.6 Å². The summed E-state index contributed by atoms with van der Waals surface area (Å²) in [5, 5.41) is 135. The van der Waals surface area contributed by atoms with E-state index in [0.29, 0.717) is 12.8 Å². The van der Waals surface area contributed by atoms with Crippen LogP contribution in [0.25, 0.3) is 0 Å². The van der Waals surface area contributed by atoms with E-state index in [0.717, 1.165) is 51.9 Å². The molecular weight excluding hydrogens is 1040 g/mol. The van der Waals surface area contributed by atoms with Gasteiger partial charge in [0.1, 0.15) is 67.1 Å². The van der Waals surface area contributed by atoms with Crippen LogP contribution in [0.3, 0.4) is 0 Å². The van der Waals surface area contributed by atoms with Crippen molar-refractivity contribution < 1.29 is 104 Å². The molecule has 14 N–H and O–H groups in total. The molecule has 0 aromatic carbocycles. The van der Waals surface area contributed by atoms with Crippen molar-refractivity contribution in [2.45, 2.75) is 298 Å². The maximum Gasteiger partial charge on any atom is 0.364 e. The monoisotopic (exact) mass is 1140 g/mol. The summed E-state index contributed by atoms with van der Waals surface area (Å²) in [6, 6.07) is -2.61. The minimum absolute atomic E-state index is 0.203. The van der Waals surface area contributed by atoms with Crippen molar-refractivity contribution >= 4 is 17.8 Å². The minimum Gasteiger partial charge on any atom is -0.477 e. The fraction of sp³-hybridized carbons (Fsp3) is 0.911. The lowest BCUT2D eigenvalue weighted by Crippen LogP contribution is -2.70. The Kier molecular flexibility index (Phi) is 35.0. The van der Waals surface area contributed by atoms with Crippen molar-refractivity contribution in [3.05, 3.63) is 12.2 Å². The van der Waals surface area contributed by atoms with Gasteiger partial charge in [0.2, 0.25) is 11.8 Å². The normalized spacial score (nSPS) is 30.9. The third-order valence-corrected chi connectivity index (χ3v) is 15.2. The first-order chi connectivity index (χ1) is 37.9. The SMILES string of the molecule is CCCCCCCCCCCCCC/C=C/C(O)C(COC1OC(CO)C(OC2OC(CO)C(O)C(OC3(C(=O)O)CC(O)C(NC(C)=O)C(C(O)C(O)CO)O3)C2O)C(O)C1O)NC(=O)CCCCCCCCCCCCC. The van der Waals surface area contributed by atoms with Gasteiger partial charge in [-0.25, -0.2) is 4.79 Å². The van der Waals surface area contributed by atoms with Crippen molar-refractivity contribution in [1.82, 2.24) is 10.6 Å². The second kappa shape index (κ2) is 39.1. The summed E-state index contributed by atoms with van der Waals surface area (Å²) in [4.78, 5) is 38.3. The summed E-state index contributed by atoms with van der Waals surface area (Å²) in [7, 11) is 0. The maximum absolute atomic E-state index is 13.3. The number of carboxylic acids is 1. The number of amides is 2. The zero-order chi connectivity index (χ0) is 58.3. The van der Waals surface area contributed by atoms with Gasteiger partial charge < -0.3 is 100 Å². The predicted octanol–water partition coefficient (Wildman–Crippen LogP) is 2.00. The Morgan fingerprint density at radius 1 is 0.658 bits per heavy atom. The fourth-order valence-corrected chi connectivity index (χ4v) is 10.4. The second-order valence-electron chi connectivity index (χ2n) is 21.9. The Morgan fingerprint density at radius 2 is 1.18 bits per heavy atom. The second-order valence-corrected chi connectivity index (χ2v) is 21.9. The van der Waals surface area contributed by atoms with Crippen molar-refractivity contribution in [2.24, 2.45) is 0 Å². The number of hydrogen-bond donors (Lipinski definition) is 14. The summed E-state index contributed by atoms with van der Waals surface area (Å²) >= 11 is 0. The number of carboxylic acid groups (broad SMARTS) is 1. The van der Waals surface area contributed by atoms with E-state index in [1.165, 1.54) is 96.3 Å². The average molecular weight is 1140 g/mol. The van der Waals surface area contributed by atoms with Crippen molar-refractivity contribution in [2.75, 3.05) is 26.4 Å². The molecule has 3 saturated heterocycles. The Morgan fingerprint density at radius 3 is 1.68 bits per heavy atom. The number of rotatable bonds is 42. The zero-order valence-corrected chi connectivity index (χ0v) is 47.2. The fourth-order valence-electron chi connectivity index (χ4n) is 10.4. The molecule has 18 unspecified atom stereocenters. The number of aliphatic carboxylic acids is 1. The lowest BCUT2D eigenvalue weighted by molar-refractivity contribution is -0.386. The van der Waals surface area contributed by atoms with E-state index in [1.807, 2.05) is 6.08 Å². The van der Waals surface area contributed by atoms with Crippen molar-refractivity contribution in [1.29, 1.82) is 0 Å². The maximum atomic E-state index is 13.3. The van der Waals surface area contributed by atoms with Gasteiger partial charge in [-0.05, 0) is 19.3 Å². The number of unbranched alkanes of at least 4 members (excludes halogenated alkanes) is 22. The van der Waals surface area contributed by atoms with Crippen LogP contribution in [0.15, 0.2) is 12.2 Å². The van der Waals surface area contributed by atoms with Gasteiger partial charge in [-0.2, -0.15) is 0 Å². The van der Waals surface area contributed by atoms with Gasteiger partial charge >= 0.3 is 5.97 Å². The molecule has 0 aliphatic carbocycles. The summed E-state index contributed by atoms with van der Waals surface area (Å²) < 4.78 is 34.6. The van der Waals surface area contributed by atoms with Gasteiger partial charge in [0.05, 0.1) is 50.7 Å². The van der Waals surface area contributed by atoms with E-state index in [9.17, 15) is 75.7 Å². The molecule has 3 aliphatic heterocycles. The number of carbonyl (C=O) groups is 3. The first kappa shape index (κ1) is 70.7. The Balaban J connectivity index is 1.69. The molecule has 0 spiro atoms. The summed E-state index contributed by atoms with van der Waals surface area (Å²) in [6.07, 6.45) is 1.50. The number of ether oxygens (including phenoxy) is 6. The number of aliphatic hydroxyl groups is 11. The van der Waals surface area contributed by atoms with Gasteiger partial charge in [0.25, 0.3) is 5.79 Å². The van der Waals surface area contributed by atoms with Gasteiger partial charge in [-0.1, -0.05) is 161 Å². The minimum atomic E-state index is -3.08. The van der Waals surface area contributed by atoms with Crippen LogP contribution in [0.1, 0.15) is 188 Å². The highest BCUT2D eigenvalue weighted by molar-refractivity contribution is 5.77. The smallest absolute Gasteiger partial charge is 0.364 e. The lowest BCUT2D eigenvalue weighted by atomic mass is 9.88. The van der Waals surface area contributed by atoms with E-state index < -0.39 is 155 Å². The molecule has 0 saturated carbocycles. The van der Waals surface area contributed by atoms with E-state index in [2.05, 4.69) is 24.5 Å². The quantitative estimate of drug-likeness (QED) is 0.0307. The first-order valence-electron chi connectivity index (χ1n) is 29.6. The molecule has 23 heteroatoms. The van der Waals surface area contributed by atoms with Crippen LogP contribution in [0.4, 0.5) is 0 Å². The average Bonchev–Trinajstić information content (AvgIpc) is 3.52.